The lowest BCUT2D eigenvalue weighted by molar-refractivity contribution is -0.124. The summed E-state index contributed by atoms with van der Waals surface area (Å²) in [5.41, 5.74) is 1.49. The van der Waals surface area contributed by atoms with Gasteiger partial charge in [0.2, 0.25) is 5.91 Å². The third kappa shape index (κ3) is 4.46. The second-order valence-corrected chi connectivity index (χ2v) is 7.36. The highest BCUT2D eigenvalue weighted by molar-refractivity contribution is 6.00. The average molecular weight is 402 g/mol. The van der Waals surface area contributed by atoms with Gasteiger partial charge in [-0.1, -0.05) is 30.3 Å². The first-order chi connectivity index (χ1) is 14.6. The van der Waals surface area contributed by atoms with Gasteiger partial charge in [-0.3, -0.25) is 9.59 Å². The van der Waals surface area contributed by atoms with Gasteiger partial charge in [0.1, 0.15) is 23.4 Å². The van der Waals surface area contributed by atoms with Crippen molar-refractivity contribution in [2.24, 2.45) is 0 Å². The summed E-state index contributed by atoms with van der Waals surface area (Å²) < 4.78 is 5.89. The monoisotopic (exact) mass is 402 g/mol. The fraction of sp³-hybridized carbons (Fsp3) is 0.217. The summed E-state index contributed by atoms with van der Waals surface area (Å²) in [7, 11) is 0. The molecule has 0 spiro atoms. The molecule has 1 aliphatic carbocycles. The summed E-state index contributed by atoms with van der Waals surface area (Å²) in [6.45, 7) is 2.37. The third-order valence-electron chi connectivity index (χ3n) is 5.06. The van der Waals surface area contributed by atoms with E-state index in [2.05, 4.69) is 20.6 Å². The number of nitrogens with zero attached hydrogens (tertiary/aromatic N) is 2. The zero-order valence-electron chi connectivity index (χ0n) is 16.6. The van der Waals surface area contributed by atoms with E-state index >= 15 is 0 Å². The van der Waals surface area contributed by atoms with E-state index in [-0.39, 0.29) is 11.8 Å². The van der Waals surface area contributed by atoms with Crippen molar-refractivity contribution in [2.75, 3.05) is 0 Å². The molecule has 1 aliphatic rings. The Morgan fingerprint density at radius 1 is 1.03 bits per heavy atom. The number of amides is 2. The highest BCUT2D eigenvalue weighted by Crippen LogP contribution is 2.36. The summed E-state index contributed by atoms with van der Waals surface area (Å²) in [6, 6.07) is 15.4. The molecular weight excluding hydrogens is 380 g/mol. The van der Waals surface area contributed by atoms with Crippen LogP contribution in [0.25, 0.3) is 0 Å². The zero-order chi connectivity index (χ0) is 21.0. The molecule has 0 radical (unpaired) electrons. The molecule has 1 aromatic heterocycles. The van der Waals surface area contributed by atoms with Crippen LogP contribution < -0.4 is 15.4 Å². The second kappa shape index (κ2) is 8.32. The van der Waals surface area contributed by atoms with Crippen LogP contribution in [0.2, 0.25) is 0 Å². The molecule has 7 heteroatoms. The van der Waals surface area contributed by atoms with Gasteiger partial charge >= 0.3 is 0 Å². The standard InChI is InChI=1S/C23H22N4O3/c1-16-4-2-3-5-20(16)30-19-8-6-17(7-9-19)12-26-22(29)23(10-11-23)27-21(28)18-13-24-15-25-14-18/h2-9,13-15H,10-12H2,1H3,(H,26,29)(H,27,28). The maximum atomic E-state index is 12.6. The van der Waals surface area contributed by atoms with Crippen LogP contribution in [-0.2, 0) is 11.3 Å². The van der Waals surface area contributed by atoms with Gasteiger partial charge in [-0.25, -0.2) is 9.97 Å². The Hall–Kier alpha value is -3.74. The largest absolute Gasteiger partial charge is 0.457 e. The zero-order valence-corrected chi connectivity index (χ0v) is 16.6. The van der Waals surface area contributed by atoms with Crippen molar-refractivity contribution in [3.05, 3.63) is 83.9 Å². The van der Waals surface area contributed by atoms with Gasteiger partial charge in [-0.15, -0.1) is 0 Å². The van der Waals surface area contributed by atoms with Crippen LogP contribution >= 0.6 is 0 Å². The lowest BCUT2D eigenvalue weighted by Crippen LogP contribution is -2.48. The number of carbonyl (C=O) groups is 2. The highest BCUT2D eigenvalue weighted by atomic mass is 16.5. The van der Waals surface area contributed by atoms with Gasteiger partial charge in [0.25, 0.3) is 5.91 Å². The molecular formula is C23H22N4O3. The van der Waals surface area contributed by atoms with Gasteiger partial charge in [0.05, 0.1) is 5.56 Å². The molecule has 2 N–H and O–H groups in total. The van der Waals surface area contributed by atoms with Gasteiger partial charge in [0, 0.05) is 18.9 Å². The molecule has 0 aliphatic heterocycles. The Balaban J connectivity index is 1.31. The Morgan fingerprint density at radius 2 is 1.73 bits per heavy atom. The van der Waals surface area contributed by atoms with E-state index in [9.17, 15) is 9.59 Å². The number of rotatable bonds is 7. The van der Waals surface area contributed by atoms with Crippen molar-refractivity contribution in [1.82, 2.24) is 20.6 Å². The quantitative estimate of drug-likeness (QED) is 0.633. The second-order valence-electron chi connectivity index (χ2n) is 7.36. The van der Waals surface area contributed by atoms with E-state index < -0.39 is 5.54 Å². The summed E-state index contributed by atoms with van der Waals surface area (Å²) >= 11 is 0. The fourth-order valence-electron chi connectivity index (χ4n) is 3.06. The number of nitrogens with one attached hydrogen (secondary N) is 2. The van der Waals surface area contributed by atoms with Crippen LogP contribution in [0.1, 0.15) is 34.3 Å². The molecule has 0 bridgehead atoms. The Morgan fingerprint density at radius 3 is 2.40 bits per heavy atom. The van der Waals surface area contributed by atoms with E-state index in [4.69, 9.17) is 4.74 Å². The Kier molecular flexibility index (Phi) is 5.43. The molecule has 1 saturated carbocycles. The number of para-hydroxylation sites is 1. The predicted molar refractivity (Wildman–Crippen MR) is 111 cm³/mol. The first kappa shape index (κ1) is 19.6. The predicted octanol–water partition coefficient (Wildman–Crippen LogP) is 3.16. The van der Waals surface area contributed by atoms with Gasteiger partial charge in [-0.2, -0.15) is 0 Å². The number of carbonyl (C=O) groups excluding carboxylic acids is 2. The summed E-state index contributed by atoms with van der Waals surface area (Å²) in [5.74, 6) is 1.01. The minimum absolute atomic E-state index is 0.187. The summed E-state index contributed by atoms with van der Waals surface area (Å²) in [5, 5.41) is 5.72. The van der Waals surface area contributed by atoms with E-state index in [1.54, 1.807) is 0 Å². The molecule has 1 fully saturated rings. The minimum atomic E-state index is -0.846. The SMILES string of the molecule is Cc1ccccc1Oc1ccc(CNC(=O)C2(NC(=O)c3cncnc3)CC2)cc1. The lowest BCUT2D eigenvalue weighted by Gasteiger charge is -2.17. The highest BCUT2D eigenvalue weighted by Gasteiger charge is 2.51. The van der Waals surface area contributed by atoms with Crippen molar-refractivity contribution < 1.29 is 14.3 Å². The number of hydrogen-bond donors (Lipinski definition) is 2. The normalized spacial score (nSPS) is 13.9. The molecule has 0 unspecified atom stereocenters. The molecule has 0 atom stereocenters. The van der Waals surface area contributed by atoms with Crippen LogP contribution in [0, 0.1) is 6.92 Å². The summed E-state index contributed by atoms with van der Waals surface area (Å²) in [4.78, 5) is 32.6. The van der Waals surface area contributed by atoms with Crippen molar-refractivity contribution in [3.8, 4) is 11.5 Å². The molecule has 4 rings (SSSR count). The van der Waals surface area contributed by atoms with Crippen LogP contribution in [0.5, 0.6) is 11.5 Å². The van der Waals surface area contributed by atoms with E-state index in [1.807, 2.05) is 55.5 Å². The number of hydrogen-bond acceptors (Lipinski definition) is 5. The van der Waals surface area contributed by atoms with Gasteiger partial charge in [-0.05, 0) is 49.1 Å². The van der Waals surface area contributed by atoms with E-state index in [0.29, 0.717) is 24.9 Å². The van der Waals surface area contributed by atoms with Crippen LogP contribution in [0.3, 0.4) is 0 Å². The third-order valence-corrected chi connectivity index (χ3v) is 5.06. The average Bonchev–Trinajstić information content (AvgIpc) is 3.56. The number of aryl methyl sites for hydroxylation is 1. The van der Waals surface area contributed by atoms with Crippen molar-refractivity contribution in [1.29, 1.82) is 0 Å². The van der Waals surface area contributed by atoms with E-state index in [1.165, 1.54) is 18.7 Å². The molecule has 7 nitrogen and oxygen atoms in total. The van der Waals surface area contributed by atoms with Crippen LogP contribution in [0.15, 0.2) is 67.3 Å². The first-order valence-corrected chi connectivity index (χ1v) is 9.74. The van der Waals surface area contributed by atoms with E-state index in [0.717, 1.165) is 22.6 Å². The summed E-state index contributed by atoms with van der Waals surface area (Å²) in [6.07, 6.45) is 5.43. The molecule has 0 saturated heterocycles. The van der Waals surface area contributed by atoms with Gasteiger partial charge in [0.15, 0.2) is 0 Å². The fourth-order valence-corrected chi connectivity index (χ4v) is 3.06. The van der Waals surface area contributed by atoms with Crippen molar-refractivity contribution in [3.63, 3.8) is 0 Å². The first-order valence-electron chi connectivity index (χ1n) is 9.74. The smallest absolute Gasteiger partial charge is 0.255 e. The molecule has 152 valence electrons. The van der Waals surface area contributed by atoms with Crippen molar-refractivity contribution >= 4 is 11.8 Å². The van der Waals surface area contributed by atoms with Crippen molar-refractivity contribution in [2.45, 2.75) is 31.8 Å². The number of aromatic nitrogens is 2. The van der Waals surface area contributed by atoms with Gasteiger partial charge < -0.3 is 15.4 Å². The maximum absolute atomic E-state index is 12.6. The Labute approximate surface area is 174 Å². The Bertz CT molecular complexity index is 1050. The van der Waals surface area contributed by atoms with Crippen LogP contribution in [0.4, 0.5) is 0 Å². The minimum Gasteiger partial charge on any atom is -0.457 e. The number of benzene rings is 2. The molecule has 2 amide bonds. The maximum Gasteiger partial charge on any atom is 0.255 e. The molecule has 2 aromatic carbocycles. The molecule has 3 aromatic rings. The topological polar surface area (TPSA) is 93.2 Å². The molecule has 1 heterocycles. The van der Waals surface area contributed by atoms with Crippen LogP contribution in [-0.4, -0.2) is 27.3 Å². The molecule has 30 heavy (non-hydrogen) atoms. The number of ether oxygens (including phenoxy) is 1. The lowest BCUT2D eigenvalue weighted by atomic mass is 10.2.